The highest BCUT2D eigenvalue weighted by Crippen LogP contribution is 2.40. The van der Waals surface area contributed by atoms with Crippen LogP contribution in [0.25, 0.3) is 54.9 Å². The Balaban J connectivity index is 1.09. The average molecular weight is 749 g/mol. The van der Waals surface area contributed by atoms with Crippen LogP contribution in [-0.4, -0.2) is 27.0 Å². The lowest BCUT2D eigenvalue weighted by Crippen LogP contribution is -2.76. The molecular weight excluding hydrogens is 717 g/mol. The summed E-state index contributed by atoms with van der Waals surface area (Å²) in [6, 6.07) is 62.4. The molecule has 0 N–H and O–H groups in total. The van der Waals surface area contributed by atoms with Crippen LogP contribution in [-0.2, 0) is 0 Å². The van der Waals surface area contributed by atoms with Gasteiger partial charge in [-0.25, -0.2) is 9.97 Å². The first-order valence-electron chi connectivity index (χ1n) is 19.1. The lowest BCUT2D eigenvalue weighted by Gasteiger charge is -2.39. The zero-order chi connectivity index (χ0) is 37.5. The standard InChI is InChI=1S/C50H32N4O2Si/c1-3-13-35(14-4-1)57(36-15-5-2-6-16-36)47-20-10-9-19-45(47)56-46-31-40-39-25-23-34(30-43(39)54(44(40)32-48(46)57)49-21-11-12-26-51-49)55-33-22-24-37-38-17-7-8-18-42(38)53-28-27-52-50(53)41(37)29-33/h1-32H. The second kappa shape index (κ2) is 12.3. The maximum atomic E-state index is 6.92. The van der Waals surface area contributed by atoms with Crippen molar-refractivity contribution in [1.29, 1.82) is 0 Å². The Morgan fingerprint density at radius 3 is 1.95 bits per heavy atom. The largest absolute Gasteiger partial charge is 0.458 e. The Bertz CT molecular complexity index is 3320. The van der Waals surface area contributed by atoms with Crippen molar-refractivity contribution in [1.82, 2.24) is 18.9 Å². The number of fused-ring (bicyclic) bond motifs is 11. The third-order valence-electron chi connectivity index (χ3n) is 11.6. The fourth-order valence-electron chi connectivity index (χ4n) is 9.24. The van der Waals surface area contributed by atoms with Crippen molar-refractivity contribution < 1.29 is 9.47 Å². The van der Waals surface area contributed by atoms with E-state index in [4.69, 9.17) is 19.4 Å². The van der Waals surface area contributed by atoms with Gasteiger partial charge >= 0.3 is 0 Å². The van der Waals surface area contributed by atoms with Crippen molar-refractivity contribution in [3.05, 3.63) is 195 Å². The van der Waals surface area contributed by atoms with Crippen molar-refractivity contribution in [3.63, 3.8) is 0 Å². The summed E-state index contributed by atoms with van der Waals surface area (Å²) < 4.78 is 18.1. The van der Waals surface area contributed by atoms with Crippen LogP contribution in [0.3, 0.4) is 0 Å². The van der Waals surface area contributed by atoms with E-state index >= 15 is 0 Å². The molecule has 0 unspecified atom stereocenters. The number of nitrogens with zero attached hydrogens (tertiary/aromatic N) is 4. The summed E-state index contributed by atoms with van der Waals surface area (Å²) >= 11 is 0. The van der Waals surface area contributed by atoms with Crippen molar-refractivity contribution in [2.45, 2.75) is 0 Å². The van der Waals surface area contributed by atoms with Crippen LogP contribution in [0.1, 0.15) is 0 Å². The summed E-state index contributed by atoms with van der Waals surface area (Å²) in [5.74, 6) is 4.09. The van der Waals surface area contributed by atoms with Crippen molar-refractivity contribution in [2.75, 3.05) is 0 Å². The van der Waals surface area contributed by atoms with Gasteiger partial charge in [0.2, 0.25) is 0 Å². The smallest absolute Gasteiger partial charge is 0.188 e. The summed E-state index contributed by atoms with van der Waals surface area (Å²) in [7, 11) is -2.87. The molecule has 268 valence electrons. The minimum Gasteiger partial charge on any atom is -0.458 e. The van der Waals surface area contributed by atoms with E-state index in [2.05, 4.69) is 167 Å². The zero-order valence-corrected chi connectivity index (χ0v) is 31.6. The fraction of sp³-hybridized carbons (Fsp3) is 0. The molecule has 0 amide bonds. The third kappa shape index (κ3) is 4.63. The molecular formula is C50H32N4O2Si. The molecule has 5 heterocycles. The van der Waals surface area contributed by atoms with Crippen LogP contribution in [0.5, 0.6) is 23.0 Å². The molecule has 0 atom stereocenters. The molecule has 0 aliphatic carbocycles. The molecule has 0 fully saturated rings. The zero-order valence-electron chi connectivity index (χ0n) is 30.6. The number of rotatable bonds is 5. The van der Waals surface area contributed by atoms with Gasteiger partial charge in [0.25, 0.3) is 0 Å². The number of pyridine rings is 2. The first-order chi connectivity index (χ1) is 28.3. The minimum absolute atomic E-state index is 0.729. The second-order valence-electron chi connectivity index (χ2n) is 14.6. The summed E-state index contributed by atoms with van der Waals surface area (Å²) in [5.41, 5.74) is 4.09. The van der Waals surface area contributed by atoms with E-state index in [0.717, 1.165) is 72.6 Å². The number of aromatic nitrogens is 4. The van der Waals surface area contributed by atoms with Crippen LogP contribution in [0.15, 0.2) is 195 Å². The molecule has 57 heavy (non-hydrogen) atoms. The molecule has 11 aromatic rings. The number of hydrogen-bond acceptors (Lipinski definition) is 4. The summed E-state index contributed by atoms with van der Waals surface area (Å²) in [5, 5.41) is 10.6. The highest BCUT2D eigenvalue weighted by Gasteiger charge is 2.48. The molecule has 1 aliphatic heterocycles. The monoisotopic (exact) mass is 748 g/mol. The topological polar surface area (TPSA) is 53.6 Å². The number of imidazole rings is 1. The summed E-state index contributed by atoms with van der Waals surface area (Å²) in [6.07, 6.45) is 5.73. The number of hydrogen-bond donors (Lipinski definition) is 0. The van der Waals surface area contributed by atoms with Crippen LogP contribution < -0.4 is 30.2 Å². The van der Waals surface area contributed by atoms with Crippen molar-refractivity contribution >= 4 is 77.9 Å². The Morgan fingerprint density at radius 2 is 1.14 bits per heavy atom. The minimum atomic E-state index is -2.87. The van der Waals surface area contributed by atoms with E-state index in [1.807, 2.05) is 36.8 Å². The van der Waals surface area contributed by atoms with Gasteiger partial charge in [-0.1, -0.05) is 103 Å². The van der Waals surface area contributed by atoms with E-state index in [0.29, 0.717) is 0 Å². The van der Waals surface area contributed by atoms with E-state index in [1.165, 1.54) is 26.1 Å². The summed E-state index contributed by atoms with van der Waals surface area (Å²) in [4.78, 5) is 9.65. The highest BCUT2D eigenvalue weighted by atomic mass is 28.3. The molecule has 7 heteroatoms. The second-order valence-corrected chi connectivity index (χ2v) is 18.3. The summed E-state index contributed by atoms with van der Waals surface area (Å²) in [6.45, 7) is 0. The van der Waals surface area contributed by atoms with E-state index < -0.39 is 8.07 Å². The predicted molar refractivity (Wildman–Crippen MR) is 233 cm³/mol. The molecule has 12 rings (SSSR count). The van der Waals surface area contributed by atoms with Crippen LogP contribution in [0.2, 0.25) is 0 Å². The molecule has 4 aromatic heterocycles. The first kappa shape index (κ1) is 31.8. The van der Waals surface area contributed by atoms with Gasteiger partial charge in [-0.15, -0.1) is 0 Å². The van der Waals surface area contributed by atoms with Gasteiger partial charge in [-0.05, 0) is 92.9 Å². The normalized spacial score (nSPS) is 13.2. The molecule has 6 nitrogen and oxygen atoms in total. The van der Waals surface area contributed by atoms with Gasteiger partial charge in [0, 0.05) is 46.2 Å². The fourth-order valence-corrected chi connectivity index (χ4v) is 14.2. The molecule has 0 spiro atoms. The number of benzene rings is 7. The maximum Gasteiger partial charge on any atom is 0.188 e. The average Bonchev–Trinajstić information content (AvgIpc) is 3.89. The first-order valence-corrected chi connectivity index (χ1v) is 21.1. The Hall–Kier alpha value is -7.48. The quantitative estimate of drug-likeness (QED) is 0.130. The van der Waals surface area contributed by atoms with Crippen LogP contribution >= 0.6 is 0 Å². The SMILES string of the molecule is c1ccc([Si]2(c3ccccc3)c3ccccc3Oc3cc4c5ccc(Oc6ccc7c8ccccc8n8ccnc8c7c6)cc5n(-c5ccccn5)c4cc32)cc1. The Labute approximate surface area is 328 Å². The Morgan fingerprint density at radius 1 is 0.456 bits per heavy atom. The molecule has 0 saturated carbocycles. The van der Waals surface area contributed by atoms with Gasteiger partial charge in [0.1, 0.15) is 34.5 Å². The van der Waals surface area contributed by atoms with E-state index in [1.54, 1.807) is 0 Å². The molecule has 1 aliphatic rings. The molecule has 0 radical (unpaired) electrons. The van der Waals surface area contributed by atoms with Crippen molar-refractivity contribution in [3.8, 4) is 28.8 Å². The maximum absolute atomic E-state index is 6.92. The molecule has 0 bridgehead atoms. The van der Waals surface area contributed by atoms with Crippen LogP contribution in [0.4, 0.5) is 0 Å². The van der Waals surface area contributed by atoms with Gasteiger partial charge in [0.05, 0.1) is 16.6 Å². The third-order valence-corrected chi connectivity index (χ3v) is 16.4. The number of para-hydroxylation sites is 2. The Kier molecular flexibility index (Phi) is 6.85. The van der Waals surface area contributed by atoms with E-state index in [9.17, 15) is 0 Å². The lowest BCUT2D eigenvalue weighted by molar-refractivity contribution is 0.484. The number of ether oxygens (including phenoxy) is 2. The van der Waals surface area contributed by atoms with Gasteiger partial charge < -0.3 is 9.47 Å². The van der Waals surface area contributed by atoms with Gasteiger partial charge in [0.15, 0.2) is 8.07 Å². The van der Waals surface area contributed by atoms with Crippen LogP contribution in [0, 0.1) is 0 Å². The van der Waals surface area contributed by atoms with E-state index in [-0.39, 0.29) is 0 Å². The highest BCUT2D eigenvalue weighted by molar-refractivity contribution is 7.20. The molecule has 7 aromatic carbocycles. The molecule has 0 saturated heterocycles. The predicted octanol–water partition coefficient (Wildman–Crippen LogP) is 9.41. The van der Waals surface area contributed by atoms with Gasteiger partial charge in [-0.3, -0.25) is 8.97 Å². The lowest BCUT2D eigenvalue weighted by atomic mass is 10.1. The van der Waals surface area contributed by atoms with Gasteiger partial charge in [-0.2, -0.15) is 0 Å². The van der Waals surface area contributed by atoms with Crippen molar-refractivity contribution in [2.24, 2.45) is 0 Å².